The Labute approximate surface area is 102 Å². The Morgan fingerprint density at radius 3 is 3.00 bits per heavy atom. The third-order valence-corrected chi connectivity index (χ3v) is 2.81. The van der Waals surface area contributed by atoms with Gasteiger partial charge in [0.05, 0.1) is 4.47 Å². The summed E-state index contributed by atoms with van der Waals surface area (Å²) in [6.45, 7) is 0.792. The minimum Gasteiger partial charge on any atom is -0.369 e. The third kappa shape index (κ3) is 2.57. The van der Waals surface area contributed by atoms with Crippen LogP contribution >= 0.6 is 15.9 Å². The van der Waals surface area contributed by atoms with E-state index in [0.29, 0.717) is 0 Å². The molecule has 0 spiro atoms. The van der Waals surface area contributed by atoms with E-state index < -0.39 is 0 Å². The molecular weight excluding hydrogens is 270 g/mol. The highest BCUT2D eigenvalue weighted by molar-refractivity contribution is 9.10. The summed E-state index contributed by atoms with van der Waals surface area (Å²) in [5, 5.41) is 3.23. The van der Waals surface area contributed by atoms with E-state index in [2.05, 4.69) is 36.2 Å². The molecule has 0 radical (unpaired) electrons. The van der Waals surface area contributed by atoms with E-state index in [1.165, 1.54) is 6.33 Å². The zero-order chi connectivity index (χ0) is 11.4. The van der Waals surface area contributed by atoms with Gasteiger partial charge >= 0.3 is 0 Å². The molecule has 0 bridgehead atoms. The lowest BCUT2D eigenvalue weighted by Crippen LogP contribution is -2.10. The average Bonchev–Trinajstić information content (AvgIpc) is 2.67. The molecular formula is C10H12BrN5. The molecule has 6 heteroatoms. The molecule has 2 rings (SSSR count). The van der Waals surface area contributed by atoms with Crippen molar-refractivity contribution in [1.82, 2.24) is 19.5 Å². The van der Waals surface area contributed by atoms with Crippen molar-refractivity contribution >= 4 is 21.7 Å². The number of halogens is 1. The molecule has 16 heavy (non-hydrogen) atoms. The minimum atomic E-state index is 0.792. The van der Waals surface area contributed by atoms with Crippen molar-refractivity contribution in [2.24, 2.45) is 7.05 Å². The Morgan fingerprint density at radius 2 is 2.31 bits per heavy atom. The fourth-order valence-corrected chi connectivity index (χ4v) is 1.73. The Hall–Kier alpha value is -1.43. The van der Waals surface area contributed by atoms with Crippen LogP contribution in [-0.2, 0) is 13.5 Å². The lowest BCUT2D eigenvalue weighted by molar-refractivity contribution is 0.788. The Balaban J connectivity index is 1.89. The van der Waals surface area contributed by atoms with Gasteiger partial charge in [-0.25, -0.2) is 15.0 Å². The Kier molecular flexibility index (Phi) is 3.51. The molecule has 2 heterocycles. The number of nitrogens with zero attached hydrogens (tertiary/aromatic N) is 4. The number of rotatable bonds is 4. The van der Waals surface area contributed by atoms with Crippen LogP contribution < -0.4 is 5.32 Å². The van der Waals surface area contributed by atoms with Crippen LogP contribution in [0.1, 0.15) is 5.82 Å². The molecule has 5 nitrogen and oxygen atoms in total. The van der Waals surface area contributed by atoms with Crippen LogP contribution in [0.4, 0.5) is 5.82 Å². The maximum absolute atomic E-state index is 4.25. The second kappa shape index (κ2) is 5.07. The van der Waals surface area contributed by atoms with Crippen molar-refractivity contribution in [3.05, 3.63) is 35.2 Å². The monoisotopic (exact) mass is 281 g/mol. The van der Waals surface area contributed by atoms with E-state index in [4.69, 9.17) is 0 Å². The van der Waals surface area contributed by atoms with Crippen LogP contribution in [0.25, 0.3) is 0 Å². The van der Waals surface area contributed by atoms with E-state index in [1.807, 2.05) is 17.8 Å². The maximum Gasteiger partial charge on any atom is 0.143 e. The first-order valence-corrected chi connectivity index (χ1v) is 5.72. The van der Waals surface area contributed by atoms with Crippen LogP contribution in [0, 0.1) is 0 Å². The van der Waals surface area contributed by atoms with Crippen LogP contribution in [0.2, 0.25) is 0 Å². The summed E-state index contributed by atoms with van der Waals surface area (Å²) < 4.78 is 2.88. The van der Waals surface area contributed by atoms with Gasteiger partial charge in [0.1, 0.15) is 18.0 Å². The van der Waals surface area contributed by atoms with Gasteiger partial charge in [-0.3, -0.25) is 0 Å². The Morgan fingerprint density at radius 1 is 1.44 bits per heavy atom. The molecule has 0 unspecified atom stereocenters. The van der Waals surface area contributed by atoms with Crippen molar-refractivity contribution < 1.29 is 0 Å². The fourth-order valence-electron chi connectivity index (χ4n) is 1.37. The first kappa shape index (κ1) is 11.1. The van der Waals surface area contributed by atoms with Crippen molar-refractivity contribution in [3.63, 3.8) is 0 Å². The van der Waals surface area contributed by atoms with Gasteiger partial charge in [-0.2, -0.15) is 0 Å². The predicted molar refractivity (Wildman–Crippen MR) is 65.1 cm³/mol. The van der Waals surface area contributed by atoms with Gasteiger partial charge in [0.2, 0.25) is 0 Å². The third-order valence-electron chi connectivity index (χ3n) is 2.23. The summed E-state index contributed by atoms with van der Waals surface area (Å²) >= 11 is 3.38. The lowest BCUT2D eigenvalue weighted by Gasteiger charge is -2.06. The average molecular weight is 282 g/mol. The molecule has 2 aromatic rings. The molecule has 2 aromatic heterocycles. The van der Waals surface area contributed by atoms with Gasteiger partial charge in [-0.15, -0.1) is 0 Å². The standard InChI is InChI=1S/C10H12BrN5/c1-16-5-4-13-9(16)2-3-14-10-8(11)6-12-7-15-10/h4-7H,2-3H2,1H3,(H,12,14,15). The van der Waals surface area contributed by atoms with Gasteiger partial charge in [-0.1, -0.05) is 0 Å². The number of hydrogen-bond acceptors (Lipinski definition) is 4. The molecule has 0 atom stereocenters. The number of nitrogens with one attached hydrogen (secondary N) is 1. The summed E-state index contributed by atoms with van der Waals surface area (Å²) in [7, 11) is 1.99. The molecule has 0 saturated heterocycles. The van der Waals surface area contributed by atoms with Gasteiger partial charge in [0.25, 0.3) is 0 Å². The first-order chi connectivity index (χ1) is 7.77. The number of aryl methyl sites for hydroxylation is 1. The molecule has 0 saturated carbocycles. The van der Waals surface area contributed by atoms with Gasteiger partial charge in [0.15, 0.2) is 0 Å². The SMILES string of the molecule is Cn1ccnc1CCNc1ncncc1Br. The van der Waals surface area contributed by atoms with Crippen LogP contribution in [0.15, 0.2) is 29.4 Å². The summed E-state index contributed by atoms with van der Waals surface area (Å²) in [4.78, 5) is 12.3. The molecule has 0 aromatic carbocycles. The number of anilines is 1. The highest BCUT2D eigenvalue weighted by atomic mass is 79.9. The molecule has 0 aliphatic carbocycles. The predicted octanol–water partition coefficient (Wildman–Crippen LogP) is 1.63. The van der Waals surface area contributed by atoms with Crippen LogP contribution in [0.5, 0.6) is 0 Å². The van der Waals surface area contributed by atoms with Crippen LogP contribution in [0.3, 0.4) is 0 Å². The normalized spacial score (nSPS) is 10.4. The molecule has 1 N–H and O–H groups in total. The summed E-state index contributed by atoms with van der Waals surface area (Å²) in [6, 6.07) is 0. The van der Waals surface area contributed by atoms with E-state index in [-0.39, 0.29) is 0 Å². The zero-order valence-corrected chi connectivity index (χ0v) is 10.5. The highest BCUT2D eigenvalue weighted by Crippen LogP contribution is 2.16. The minimum absolute atomic E-state index is 0.792. The number of aromatic nitrogens is 4. The van der Waals surface area contributed by atoms with E-state index in [9.17, 15) is 0 Å². The lowest BCUT2D eigenvalue weighted by atomic mass is 10.4. The molecule has 84 valence electrons. The van der Waals surface area contributed by atoms with E-state index >= 15 is 0 Å². The van der Waals surface area contributed by atoms with Crippen molar-refractivity contribution in [2.75, 3.05) is 11.9 Å². The second-order valence-corrected chi connectivity index (χ2v) is 4.20. The van der Waals surface area contributed by atoms with E-state index in [0.717, 1.165) is 29.1 Å². The smallest absolute Gasteiger partial charge is 0.143 e. The number of hydrogen-bond donors (Lipinski definition) is 1. The summed E-state index contributed by atoms with van der Waals surface area (Å²) in [5.74, 6) is 1.86. The first-order valence-electron chi connectivity index (χ1n) is 4.93. The summed E-state index contributed by atoms with van der Waals surface area (Å²) in [5.41, 5.74) is 0. The second-order valence-electron chi connectivity index (χ2n) is 3.35. The number of imidazole rings is 1. The Bertz CT molecular complexity index is 468. The van der Waals surface area contributed by atoms with Gasteiger partial charge < -0.3 is 9.88 Å². The topological polar surface area (TPSA) is 55.6 Å². The van der Waals surface area contributed by atoms with Gasteiger partial charge in [0, 0.05) is 38.6 Å². The highest BCUT2D eigenvalue weighted by Gasteiger charge is 2.01. The van der Waals surface area contributed by atoms with Gasteiger partial charge in [-0.05, 0) is 15.9 Å². The zero-order valence-electron chi connectivity index (χ0n) is 8.89. The van der Waals surface area contributed by atoms with Crippen molar-refractivity contribution in [2.45, 2.75) is 6.42 Å². The molecule has 0 fully saturated rings. The largest absolute Gasteiger partial charge is 0.369 e. The maximum atomic E-state index is 4.25. The quantitative estimate of drug-likeness (QED) is 0.926. The van der Waals surface area contributed by atoms with Crippen LogP contribution in [-0.4, -0.2) is 26.1 Å². The fraction of sp³-hybridized carbons (Fsp3) is 0.300. The van der Waals surface area contributed by atoms with Crippen molar-refractivity contribution in [1.29, 1.82) is 0 Å². The summed E-state index contributed by atoms with van der Waals surface area (Å²) in [6.07, 6.45) is 7.84. The molecule has 0 aliphatic rings. The van der Waals surface area contributed by atoms with E-state index in [1.54, 1.807) is 12.4 Å². The molecule has 0 aliphatic heterocycles. The molecule has 0 amide bonds. The van der Waals surface area contributed by atoms with Crippen molar-refractivity contribution in [3.8, 4) is 0 Å².